The van der Waals surface area contributed by atoms with Crippen molar-refractivity contribution in [3.05, 3.63) is 28.3 Å². The van der Waals surface area contributed by atoms with Crippen LogP contribution in [0.2, 0.25) is 0 Å². The number of thiazole rings is 1. The van der Waals surface area contributed by atoms with Crippen LogP contribution in [0.1, 0.15) is 19.3 Å². The zero-order chi connectivity index (χ0) is 14.1. The summed E-state index contributed by atoms with van der Waals surface area (Å²) in [5.74, 6) is 0. The van der Waals surface area contributed by atoms with Crippen molar-refractivity contribution in [2.45, 2.75) is 25.3 Å². The van der Waals surface area contributed by atoms with Crippen LogP contribution in [0.4, 0.5) is 10.8 Å². The van der Waals surface area contributed by atoms with Gasteiger partial charge in [0.05, 0.1) is 15.1 Å². The van der Waals surface area contributed by atoms with Crippen molar-refractivity contribution in [3.63, 3.8) is 0 Å². The van der Waals surface area contributed by atoms with E-state index in [0.29, 0.717) is 18.1 Å². The Hall–Kier alpha value is -1.73. The number of benzene rings is 1. The van der Waals surface area contributed by atoms with Crippen molar-refractivity contribution in [2.24, 2.45) is 5.73 Å². The number of nitrogens with two attached hydrogens (primary N) is 1. The minimum Gasteiger partial charge on any atom is -0.344 e. The summed E-state index contributed by atoms with van der Waals surface area (Å²) in [7, 11) is 0. The molecule has 6 nitrogen and oxygen atoms in total. The van der Waals surface area contributed by atoms with E-state index in [2.05, 4.69) is 9.88 Å². The van der Waals surface area contributed by atoms with E-state index in [1.54, 1.807) is 17.4 Å². The molecule has 3 rings (SSSR count). The predicted molar refractivity (Wildman–Crippen MR) is 80.3 cm³/mol. The van der Waals surface area contributed by atoms with E-state index in [1.807, 2.05) is 0 Å². The Morgan fingerprint density at radius 1 is 1.50 bits per heavy atom. The number of non-ortho nitro benzene ring substituents is 1. The molecule has 20 heavy (non-hydrogen) atoms. The summed E-state index contributed by atoms with van der Waals surface area (Å²) in [5.41, 5.74) is 6.62. The van der Waals surface area contributed by atoms with Crippen LogP contribution in [-0.2, 0) is 0 Å². The third-order valence-corrected chi connectivity index (χ3v) is 4.79. The van der Waals surface area contributed by atoms with Gasteiger partial charge in [0.1, 0.15) is 0 Å². The molecule has 1 fully saturated rings. The zero-order valence-electron chi connectivity index (χ0n) is 11.0. The van der Waals surface area contributed by atoms with Gasteiger partial charge in [0.25, 0.3) is 5.69 Å². The van der Waals surface area contributed by atoms with E-state index in [1.165, 1.54) is 18.6 Å². The second kappa shape index (κ2) is 5.34. The van der Waals surface area contributed by atoms with Crippen molar-refractivity contribution >= 4 is 32.4 Å². The van der Waals surface area contributed by atoms with Crippen molar-refractivity contribution in [1.29, 1.82) is 0 Å². The molecule has 1 aromatic heterocycles. The average Bonchev–Trinajstić information content (AvgIpc) is 2.89. The number of nitrogens with zero attached hydrogens (tertiary/aromatic N) is 3. The number of rotatable bonds is 3. The summed E-state index contributed by atoms with van der Waals surface area (Å²) < 4.78 is 0.979. The van der Waals surface area contributed by atoms with Crippen LogP contribution in [0.5, 0.6) is 0 Å². The van der Waals surface area contributed by atoms with Gasteiger partial charge in [0, 0.05) is 31.3 Å². The van der Waals surface area contributed by atoms with Crippen molar-refractivity contribution in [2.75, 3.05) is 18.0 Å². The monoisotopic (exact) mass is 292 g/mol. The fourth-order valence-corrected chi connectivity index (χ4v) is 3.68. The van der Waals surface area contributed by atoms with E-state index in [4.69, 9.17) is 5.73 Å². The highest BCUT2D eigenvalue weighted by Gasteiger charge is 2.24. The van der Waals surface area contributed by atoms with Crippen LogP contribution < -0.4 is 10.6 Å². The van der Waals surface area contributed by atoms with Gasteiger partial charge in [-0.15, -0.1) is 0 Å². The van der Waals surface area contributed by atoms with E-state index >= 15 is 0 Å². The number of aromatic nitrogens is 1. The second-order valence-corrected chi connectivity index (χ2v) is 5.99. The molecule has 1 aliphatic heterocycles. The third kappa shape index (κ3) is 2.34. The van der Waals surface area contributed by atoms with Gasteiger partial charge in [0.15, 0.2) is 5.13 Å². The first-order valence-electron chi connectivity index (χ1n) is 6.71. The molecule has 2 N–H and O–H groups in total. The zero-order valence-corrected chi connectivity index (χ0v) is 11.8. The number of nitro benzene ring substituents is 1. The van der Waals surface area contributed by atoms with Gasteiger partial charge in [-0.3, -0.25) is 10.1 Å². The summed E-state index contributed by atoms with van der Waals surface area (Å²) in [6.07, 6.45) is 3.44. The van der Waals surface area contributed by atoms with Crippen LogP contribution in [0, 0.1) is 10.1 Å². The average molecular weight is 292 g/mol. The molecule has 1 aromatic carbocycles. The van der Waals surface area contributed by atoms with E-state index in [-0.39, 0.29) is 10.6 Å². The molecule has 2 heterocycles. The Morgan fingerprint density at radius 3 is 3.10 bits per heavy atom. The van der Waals surface area contributed by atoms with Crippen LogP contribution >= 0.6 is 11.3 Å². The summed E-state index contributed by atoms with van der Waals surface area (Å²) in [6, 6.07) is 5.17. The number of piperidine rings is 1. The lowest BCUT2D eigenvalue weighted by atomic mass is 10.0. The van der Waals surface area contributed by atoms with Crippen LogP contribution in [0.25, 0.3) is 10.2 Å². The van der Waals surface area contributed by atoms with Crippen molar-refractivity contribution in [3.8, 4) is 0 Å². The lowest BCUT2D eigenvalue weighted by Gasteiger charge is -2.34. The van der Waals surface area contributed by atoms with Crippen LogP contribution in [-0.4, -0.2) is 29.0 Å². The van der Waals surface area contributed by atoms with Crippen LogP contribution in [0.3, 0.4) is 0 Å². The minimum absolute atomic E-state index is 0.0865. The molecule has 106 valence electrons. The SMILES string of the molecule is NC[C@H]1CCCCN1c1nc2cc([N+](=O)[O-])ccc2s1. The third-order valence-electron chi connectivity index (χ3n) is 3.72. The number of nitro groups is 1. The second-order valence-electron chi connectivity index (χ2n) is 4.98. The Morgan fingerprint density at radius 2 is 2.35 bits per heavy atom. The summed E-state index contributed by atoms with van der Waals surface area (Å²) in [6.45, 7) is 1.58. The maximum atomic E-state index is 10.8. The fraction of sp³-hybridized carbons (Fsp3) is 0.462. The number of anilines is 1. The summed E-state index contributed by atoms with van der Waals surface area (Å²) in [5, 5.41) is 11.7. The minimum atomic E-state index is -0.387. The van der Waals surface area contributed by atoms with Gasteiger partial charge in [-0.05, 0) is 25.3 Å². The van der Waals surface area contributed by atoms with Gasteiger partial charge in [0.2, 0.25) is 0 Å². The first kappa shape index (κ1) is 13.3. The Bertz CT molecular complexity index is 642. The highest BCUT2D eigenvalue weighted by atomic mass is 32.1. The number of hydrogen-bond acceptors (Lipinski definition) is 6. The highest BCUT2D eigenvalue weighted by Crippen LogP contribution is 2.33. The molecule has 0 bridgehead atoms. The molecule has 0 saturated carbocycles. The quantitative estimate of drug-likeness (QED) is 0.694. The molecular formula is C13H16N4O2S. The molecule has 0 spiro atoms. The Kier molecular flexibility index (Phi) is 3.54. The molecule has 0 radical (unpaired) electrons. The first-order chi connectivity index (χ1) is 9.69. The van der Waals surface area contributed by atoms with E-state index in [9.17, 15) is 10.1 Å². The lowest BCUT2D eigenvalue weighted by Crippen LogP contribution is -2.44. The van der Waals surface area contributed by atoms with Gasteiger partial charge in [-0.25, -0.2) is 4.98 Å². The summed E-state index contributed by atoms with van der Waals surface area (Å²) in [4.78, 5) is 17.2. The normalized spacial score (nSPS) is 19.4. The largest absolute Gasteiger partial charge is 0.344 e. The lowest BCUT2D eigenvalue weighted by molar-refractivity contribution is -0.384. The molecule has 1 atom stereocenters. The summed E-state index contributed by atoms with van der Waals surface area (Å²) >= 11 is 1.58. The maximum Gasteiger partial charge on any atom is 0.271 e. The van der Waals surface area contributed by atoms with E-state index in [0.717, 1.165) is 29.2 Å². The number of fused-ring (bicyclic) bond motifs is 1. The Labute approximate surface area is 120 Å². The molecule has 0 amide bonds. The van der Waals surface area contributed by atoms with Gasteiger partial charge in [-0.2, -0.15) is 0 Å². The fourth-order valence-electron chi connectivity index (χ4n) is 2.64. The highest BCUT2D eigenvalue weighted by molar-refractivity contribution is 7.22. The maximum absolute atomic E-state index is 10.8. The molecule has 7 heteroatoms. The van der Waals surface area contributed by atoms with Crippen molar-refractivity contribution < 1.29 is 4.92 Å². The standard InChI is InChI=1S/C13H16N4O2S/c14-8-10-3-1-2-6-16(10)13-15-11-7-9(17(18)19)4-5-12(11)20-13/h4-5,7,10H,1-3,6,8,14H2/t10-/m1/s1. The first-order valence-corrected chi connectivity index (χ1v) is 7.52. The molecule has 0 unspecified atom stereocenters. The number of hydrogen-bond donors (Lipinski definition) is 1. The Balaban J connectivity index is 1.97. The van der Waals surface area contributed by atoms with Gasteiger partial charge >= 0.3 is 0 Å². The van der Waals surface area contributed by atoms with Gasteiger partial charge in [-0.1, -0.05) is 11.3 Å². The van der Waals surface area contributed by atoms with Crippen molar-refractivity contribution in [1.82, 2.24) is 4.98 Å². The molecule has 1 aliphatic rings. The molecular weight excluding hydrogens is 276 g/mol. The smallest absolute Gasteiger partial charge is 0.271 e. The molecule has 1 saturated heterocycles. The molecule has 2 aromatic rings. The van der Waals surface area contributed by atoms with Gasteiger partial charge < -0.3 is 10.6 Å². The van der Waals surface area contributed by atoms with E-state index < -0.39 is 0 Å². The van der Waals surface area contributed by atoms with Crippen LogP contribution in [0.15, 0.2) is 18.2 Å². The molecule has 0 aliphatic carbocycles. The topological polar surface area (TPSA) is 85.3 Å². The predicted octanol–water partition coefficient (Wildman–Crippen LogP) is 2.52.